The highest BCUT2D eigenvalue weighted by Gasteiger charge is 2.59. The number of amides is 1. The average Bonchev–Trinajstić information content (AvgIpc) is 3.24. The van der Waals surface area contributed by atoms with Crippen molar-refractivity contribution in [2.75, 3.05) is 32.4 Å². The third kappa shape index (κ3) is 3.24. The minimum atomic E-state index is -3.35. The first-order chi connectivity index (χ1) is 14.2. The molecule has 1 saturated carbocycles. The lowest BCUT2D eigenvalue weighted by Gasteiger charge is -2.50. The van der Waals surface area contributed by atoms with Gasteiger partial charge in [-0.3, -0.25) is 4.79 Å². The normalized spacial score (nSPS) is 23.7. The molecule has 1 spiro atoms. The van der Waals surface area contributed by atoms with Gasteiger partial charge in [0.1, 0.15) is 0 Å². The molecule has 3 aliphatic rings. The van der Waals surface area contributed by atoms with Crippen molar-refractivity contribution in [3.63, 3.8) is 0 Å². The number of carbonyl (C=O) groups is 1. The number of benzene rings is 1. The number of sulfonamides is 1. The van der Waals surface area contributed by atoms with Crippen LogP contribution in [0.5, 0.6) is 0 Å². The second-order valence-electron chi connectivity index (χ2n) is 9.20. The topological polar surface area (TPSA) is 96.6 Å². The molecule has 1 amide bonds. The summed E-state index contributed by atoms with van der Waals surface area (Å²) in [6.45, 7) is 5.66. The standard InChI is InChI=1S/C21H26N4O4S/c1-13-4-5-16(8-14(13)2)20(26)24-10-21(11-24)12-25(30(3,27)28)9-17(21)19-22-18(23-29-19)15-6-7-15/h4-5,8,15,17H,6-7,9-12H2,1-3H3. The van der Waals surface area contributed by atoms with Crippen molar-refractivity contribution in [3.8, 4) is 0 Å². The van der Waals surface area contributed by atoms with Crippen LogP contribution >= 0.6 is 0 Å². The Morgan fingerprint density at radius 2 is 1.90 bits per heavy atom. The molecule has 0 radical (unpaired) electrons. The molecule has 3 fully saturated rings. The minimum absolute atomic E-state index is 0.0236. The Morgan fingerprint density at radius 3 is 2.53 bits per heavy atom. The highest BCUT2D eigenvalue weighted by molar-refractivity contribution is 7.88. The van der Waals surface area contributed by atoms with Gasteiger partial charge in [-0.15, -0.1) is 0 Å². The Morgan fingerprint density at radius 1 is 1.17 bits per heavy atom. The Balaban J connectivity index is 1.39. The lowest BCUT2D eigenvalue weighted by Crippen LogP contribution is -2.61. The quantitative estimate of drug-likeness (QED) is 0.737. The maximum Gasteiger partial charge on any atom is 0.253 e. The van der Waals surface area contributed by atoms with Gasteiger partial charge in [0, 0.05) is 43.1 Å². The van der Waals surface area contributed by atoms with E-state index in [1.54, 1.807) is 4.90 Å². The number of rotatable bonds is 4. The maximum absolute atomic E-state index is 13.0. The van der Waals surface area contributed by atoms with Crippen LogP contribution in [0.15, 0.2) is 22.7 Å². The van der Waals surface area contributed by atoms with E-state index in [1.165, 1.54) is 10.6 Å². The summed E-state index contributed by atoms with van der Waals surface area (Å²) in [5, 5.41) is 4.12. The molecule has 0 bridgehead atoms. The first-order valence-corrected chi connectivity index (χ1v) is 12.2. The van der Waals surface area contributed by atoms with E-state index in [0.29, 0.717) is 43.6 Å². The zero-order valence-electron chi connectivity index (χ0n) is 17.5. The first-order valence-electron chi connectivity index (χ1n) is 10.3. The molecule has 160 valence electrons. The fourth-order valence-electron chi connectivity index (χ4n) is 4.65. The van der Waals surface area contributed by atoms with Gasteiger partial charge < -0.3 is 9.42 Å². The molecule has 2 saturated heterocycles. The van der Waals surface area contributed by atoms with Crippen molar-refractivity contribution in [3.05, 3.63) is 46.6 Å². The first kappa shape index (κ1) is 19.7. The smallest absolute Gasteiger partial charge is 0.253 e. The van der Waals surface area contributed by atoms with E-state index in [9.17, 15) is 13.2 Å². The van der Waals surface area contributed by atoms with Crippen molar-refractivity contribution in [1.82, 2.24) is 19.3 Å². The molecule has 1 aromatic carbocycles. The van der Waals surface area contributed by atoms with E-state index in [2.05, 4.69) is 10.1 Å². The molecule has 2 aliphatic heterocycles. The highest BCUT2D eigenvalue weighted by atomic mass is 32.2. The van der Waals surface area contributed by atoms with Crippen molar-refractivity contribution in [2.45, 2.75) is 38.5 Å². The number of nitrogens with zero attached hydrogens (tertiary/aromatic N) is 4. The summed E-state index contributed by atoms with van der Waals surface area (Å²) in [7, 11) is -3.35. The van der Waals surface area contributed by atoms with Crippen LogP contribution in [0.25, 0.3) is 0 Å². The van der Waals surface area contributed by atoms with Crippen LogP contribution in [0.3, 0.4) is 0 Å². The van der Waals surface area contributed by atoms with E-state index in [1.807, 2.05) is 32.0 Å². The molecule has 3 heterocycles. The third-order valence-corrected chi connectivity index (χ3v) is 8.05. The van der Waals surface area contributed by atoms with Crippen LogP contribution in [0.4, 0.5) is 0 Å². The predicted molar refractivity (Wildman–Crippen MR) is 110 cm³/mol. The van der Waals surface area contributed by atoms with Gasteiger partial charge in [0.2, 0.25) is 15.9 Å². The summed E-state index contributed by atoms with van der Waals surface area (Å²) >= 11 is 0. The number of hydrogen-bond acceptors (Lipinski definition) is 6. The number of carbonyl (C=O) groups excluding carboxylic acids is 1. The summed E-state index contributed by atoms with van der Waals surface area (Å²) < 4.78 is 31.5. The Bertz CT molecular complexity index is 1120. The van der Waals surface area contributed by atoms with Crippen molar-refractivity contribution < 1.29 is 17.7 Å². The monoisotopic (exact) mass is 430 g/mol. The summed E-state index contributed by atoms with van der Waals surface area (Å²) in [6.07, 6.45) is 3.37. The van der Waals surface area contributed by atoms with Gasteiger partial charge in [-0.25, -0.2) is 12.7 Å². The third-order valence-electron chi connectivity index (χ3n) is 6.84. The van der Waals surface area contributed by atoms with E-state index in [4.69, 9.17) is 4.52 Å². The summed E-state index contributed by atoms with van der Waals surface area (Å²) in [5.74, 6) is 1.37. The molecule has 0 N–H and O–H groups in total. The molecular formula is C21H26N4O4S. The van der Waals surface area contributed by atoms with Crippen LogP contribution in [0, 0.1) is 19.3 Å². The second-order valence-corrected chi connectivity index (χ2v) is 11.2. The fraction of sp³-hybridized carbons (Fsp3) is 0.571. The molecule has 1 aromatic heterocycles. The Kier molecular flexibility index (Phi) is 4.34. The summed E-state index contributed by atoms with van der Waals surface area (Å²) in [4.78, 5) is 19.4. The predicted octanol–water partition coefficient (Wildman–Crippen LogP) is 2.07. The Labute approximate surface area is 176 Å². The van der Waals surface area contributed by atoms with Crippen molar-refractivity contribution in [1.29, 1.82) is 0 Å². The van der Waals surface area contributed by atoms with Gasteiger partial charge in [0.15, 0.2) is 5.82 Å². The molecular weight excluding hydrogens is 404 g/mol. The van der Waals surface area contributed by atoms with Crippen LogP contribution < -0.4 is 0 Å². The van der Waals surface area contributed by atoms with E-state index in [-0.39, 0.29) is 17.2 Å². The summed E-state index contributed by atoms with van der Waals surface area (Å²) in [5.41, 5.74) is 2.51. The molecule has 30 heavy (non-hydrogen) atoms. The molecule has 9 heteroatoms. The number of likely N-dealkylation sites (tertiary alicyclic amines) is 1. The van der Waals surface area contributed by atoms with Gasteiger partial charge in [0.25, 0.3) is 5.91 Å². The zero-order valence-corrected chi connectivity index (χ0v) is 18.3. The number of aryl methyl sites for hydroxylation is 2. The molecule has 5 rings (SSSR count). The molecule has 1 atom stereocenters. The van der Waals surface area contributed by atoms with Gasteiger partial charge in [-0.1, -0.05) is 11.2 Å². The molecule has 1 aliphatic carbocycles. The van der Waals surface area contributed by atoms with Crippen molar-refractivity contribution >= 4 is 15.9 Å². The van der Waals surface area contributed by atoms with Crippen molar-refractivity contribution in [2.24, 2.45) is 5.41 Å². The van der Waals surface area contributed by atoms with Gasteiger partial charge in [0.05, 0.1) is 12.2 Å². The number of hydrogen-bond donors (Lipinski definition) is 0. The average molecular weight is 431 g/mol. The maximum atomic E-state index is 13.0. The molecule has 8 nitrogen and oxygen atoms in total. The lowest BCUT2D eigenvalue weighted by atomic mass is 9.71. The van der Waals surface area contributed by atoms with Crippen LogP contribution in [0.2, 0.25) is 0 Å². The highest BCUT2D eigenvalue weighted by Crippen LogP contribution is 2.50. The van der Waals surface area contributed by atoms with E-state index < -0.39 is 10.0 Å². The zero-order chi connectivity index (χ0) is 21.3. The lowest BCUT2D eigenvalue weighted by molar-refractivity contribution is 0.00131. The van der Waals surface area contributed by atoms with Gasteiger partial charge in [-0.05, 0) is 49.9 Å². The largest absolute Gasteiger partial charge is 0.339 e. The van der Waals surface area contributed by atoms with Crippen LogP contribution in [0.1, 0.15) is 57.9 Å². The molecule has 2 aromatic rings. The second kappa shape index (κ2) is 6.62. The van der Waals surface area contributed by atoms with Crippen LogP contribution in [-0.2, 0) is 10.0 Å². The van der Waals surface area contributed by atoms with E-state index in [0.717, 1.165) is 29.8 Å². The molecule has 1 unspecified atom stereocenters. The number of aromatic nitrogens is 2. The minimum Gasteiger partial charge on any atom is -0.339 e. The van der Waals surface area contributed by atoms with Gasteiger partial charge in [-0.2, -0.15) is 4.98 Å². The van der Waals surface area contributed by atoms with Crippen LogP contribution in [-0.4, -0.2) is 66.1 Å². The van der Waals surface area contributed by atoms with Gasteiger partial charge >= 0.3 is 0 Å². The fourth-order valence-corrected chi connectivity index (χ4v) is 5.56. The Hall–Kier alpha value is -2.26. The van der Waals surface area contributed by atoms with E-state index >= 15 is 0 Å². The summed E-state index contributed by atoms with van der Waals surface area (Å²) in [6, 6.07) is 5.72. The SMILES string of the molecule is Cc1ccc(C(=O)N2CC3(C2)CN(S(C)(=O)=O)CC3c2nc(C3CC3)no2)cc1C.